The average molecular weight is 286 g/mol. The Bertz CT molecular complexity index is 546. The number of benzene rings is 2. The molecule has 3 heteroatoms. The molecule has 0 spiro atoms. The summed E-state index contributed by atoms with van der Waals surface area (Å²) in [5.41, 5.74) is 6.54. The zero-order valence-electron chi connectivity index (χ0n) is 12.6. The Labute approximate surface area is 126 Å². The molecule has 0 aromatic heterocycles. The van der Waals surface area contributed by atoms with Crippen LogP contribution in [0.3, 0.4) is 0 Å². The Kier molecular flexibility index (Phi) is 5.48. The van der Waals surface area contributed by atoms with Crippen LogP contribution in [0.1, 0.15) is 36.5 Å². The molecule has 0 aliphatic carbocycles. The number of hydrogen-bond acceptors (Lipinski definition) is 2. The summed E-state index contributed by atoms with van der Waals surface area (Å²) in [5, 5.41) is 0. The van der Waals surface area contributed by atoms with Gasteiger partial charge in [-0.2, -0.15) is 0 Å². The largest absolute Gasteiger partial charge is 0.271 e. The molecule has 2 aromatic rings. The average Bonchev–Trinajstić information content (AvgIpc) is 2.49. The smallest absolute Gasteiger partial charge is 0.123 e. The predicted octanol–water partition coefficient (Wildman–Crippen LogP) is 3.57. The third-order valence-electron chi connectivity index (χ3n) is 3.76. The summed E-state index contributed by atoms with van der Waals surface area (Å²) in [6.45, 7) is 4.38. The summed E-state index contributed by atoms with van der Waals surface area (Å²) in [6, 6.07) is 15.4. The monoisotopic (exact) mass is 286 g/mol. The van der Waals surface area contributed by atoms with Gasteiger partial charge in [-0.1, -0.05) is 50.2 Å². The maximum absolute atomic E-state index is 12.9. The van der Waals surface area contributed by atoms with Crippen molar-refractivity contribution in [1.29, 1.82) is 0 Å². The van der Waals surface area contributed by atoms with Crippen molar-refractivity contribution in [3.63, 3.8) is 0 Å². The molecule has 0 aliphatic heterocycles. The van der Waals surface area contributed by atoms with E-state index in [-0.39, 0.29) is 11.9 Å². The van der Waals surface area contributed by atoms with E-state index < -0.39 is 0 Å². The van der Waals surface area contributed by atoms with Gasteiger partial charge in [-0.15, -0.1) is 0 Å². The minimum atomic E-state index is -0.208. The molecule has 0 aliphatic rings. The molecule has 0 saturated heterocycles. The van der Waals surface area contributed by atoms with Crippen LogP contribution in [0.2, 0.25) is 0 Å². The molecule has 0 radical (unpaired) electrons. The quantitative estimate of drug-likeness (QED) is 0.629. The number of nitrogens with two attached hydrogens (primary N) is 1. The van der Waals surface area contributed by atoms with Crippen molar-refractivity contribution in [2.75, 3.05) is 0 Å². The zero-order valence-corrected chi connectivity index (χ0v) is 12.6. The van der Waals surface area contributed by atoms with Gasteiger partial charge in [0, 0.05) is 6.04 Å². The highest BCUT2D eigenvalue weighted by Crippen LogP contribution is 2.16. The lowest BCUT2D eigenvalue weighted by Crippen LogP contribution is -2.38. The van der Waals surface area contributed by atoms with Crippen LogP contribution >= 0.6 is 0 Å². The minimum Gasteiger partial charge on any atom is -0.271 e. The third-order valence-corrected chi connectivity index (χ3v) is 3.76. The van der Waals surface area contributed by atoms with Crippen LogP contribution in [-0.4, -0.2) is 6.04 Å². The van der Waals surface area contributed by atoms with Crippen LogP contribution in [-0.2, 0) is 12.8 Å². The van der Waals surface area contributed by atoms with Crippen molar-refractivity contribution in [2.45, 2.75) is 38.6 Å². The standard InChI is InChI=1S/C18H23FN2/c1-13(2)16-7-3-14(4-8-16)11-18(21-20)12-15-5-9-17(19)10-6-15/h3-10,13,18,21H,11-12,20H2,1-2H3. The second-order valence-electron chi connectivity index (χ2n) is 5.79. The van der Waals surface area contributed by atoms with Crippen molar-refractivity contribution in [1.82, 2.24) is 5.43 Å². The van der Waals surface area contributed by atoms with Crippen LogP contribution in [0.25, 0.3) is 0 Å². The van der Waals surface area contributed by atoms with Gasteiger partial charge in [0.15, 0.2) is 0 Å². The lowest BCUT2D eigenvalue weighted by molar-refractivity contribution is 0.522. The molecule has 0 fully saturated rings. The van der Waals surface area contributed by atoms with Crippen LogP contribution in [0.5, 0.6) is 0 Å². The maximum Gasteiger partial charge on any atom is 0.123 e. The van der Waals surface area contributed by atoms with Gasteiger partial charge in [0.2, 0.25) is 0 Å². The molecule has 0 amide bonds. The molecule has 1 atom stereocenters. The van der Waals surface area contributed by atoms with Crippen molar-refractivity contribution < 1.29 is 4.39 Å². The Hall–Kier alpha value is -1.71. The maximum atomic E-state index is 12.9. The van der Waals surface area contributed by atoms with Crippen molar-refractivity contribution >= 4 is 0 Å². The molecule has 2 aromatic carbocycles. The molecule has 1 unspecified atom stereocenters. The summed E-state index contributed by atoms with van der Waals surface area (Å²) < 4.78 is 12.9. The topological polar surface area (TPSA) is 38.0 Å². The van der Waals surface area contributed by atoms with E-state index in [9.17, 15) is 4.39 Å². The number of rotatable bonds is 6. The van der Waals surface area contributed by atoms with Crippen LogP contribution in [0, 0.1) is 5.82 Å². The summed E-state index contributed by atoms with van der Waals surface area (Å²) in [6.07, 6.45) is 1.63. The van der Waals surface area contributed by atoms with Gasteiger partial charge in [0.1, 0.15) is 5.82 Å². The van der Waals surface area contributed by atoms with Gasteiger partial charge in [-0.05, 0) is 47.6 Å². The molecule has 2 nitrogen and oxygen atoms in total. The highest BCUT2D eigenvalue weighted by molar-refractivity contribution is 5.26. The molecule has 112 valence electrons. The first-order valence-corrected chi connectivity index (χ1v) is 7.38. The van der Waals surface area contributed by atoms with Gasteiger partial charge >= 0.3 is 0 Å². The van der Waals surface area contributed by atoms with E-state index in [0.29, 0.717) is 5.92 Å². The van der Waals surface area contributed by atoms with E-state index in [1.807, 2.05) is 12.1 Å². The van der Waals surface area contributed by atoms with Gasteiger partial charge < -0.3 is 0 Å². The summed E-state index contributed by atoms with van der Waals surface area (Å²) in [4.78, 5) is 0. The molecule has 2 rings (SSSR count). The van der Waals surface area contributed by atoms with E-state index in [0.717, 1.165) is 18.4 Å². The summed E-state index contributed by atoms with van der Waals surface area (Å²) >= 11 is 0. The zero-order chi connectivity index (χ0) is 15.2. The molecule has 0 heterocycles. The summed E-state index contributed by atoms with van der Waals surface area (Å²) in [5.74, 6) is 5.99. The molecule has 0 bridgehead atoms. The van der Waals surface area contributed by atoms with E-state index in [2.05, 4.69) is 43.5 Å². The van der Waals surface area contributed by atoms with Gasteiger partial charge in [0.05, 0.1) is 0 Å². The molecular weight excluding hydrogens is 263 g/mol. The van der Waals surface area contributed by atoms with E-state index in [1.165, 1.54) is 23.3 Å². The van der Waals surface area contributed by atoms with E-state index >= 15 is 0 Å². The molecular formula is C18H23FN2. The van der Waals surface area contributed by atoms with Crippen LogP contribution < -0.4 is 11.3 Å². The first kappa shape index (κ1) is 15.7. The second kappa shape index (κ2) is 7.34. The number of hydrazine groups is 1. The number of nitrogens with one attached hydrogen (secondary N) is 1. The number of halogens is 1. The Morgan fingerprint density at radius 2 is 1.38 bits per heavy atom. The fraction of sp³-hybridized carbons (Fsp3) is 0.333. The first-order chi connectivity index (χ1) is 10.1. The minimum absolute atomic E-state index is 0.139. The third kappa shape index (κ3) is 4.66. The fourth-order valence-corrected chi connectivity index (χ4v) is 2.42. The van der Waals surface area contributed by atoms with Gasteiger partial charge in [0.25, 0.3) is 0 Å². The SMILES string of the molecule is CC(C)c1ccc(CC(Cc2ccc(F)cc2)NN)cc1. The highest BCUT2D eigenvalue weighted by Gasteiger charge is 2.09. The Balaban J connectivity index is 1.99. The van der Waals surface area contributed by atoms with E-state index in [1.54, 1.807) is 0 Å². The predicted molar refractivity (Wildman–Crippen MR) is 85.5 cm³/mol. The second-order valence-corrected chi connectivity index (χ2v) is 5.79. The van der Waals surface area contributed by atoms with Crippen molar-refractivity contribution in [3.8, 4) is 0 Å². The normalized spacial score (nSPS) is 12.6. The summed E-state index contributed by atoms with van der Waals surface area (Å²) in [7, 11) is 0. The highest BCUT2D eigenvalue weighted by atomic mass is 19.1. The van der Waals surface area contributed by atoms with Crippen LogP contribution in [0.4, 0.5) is 4.39 Å². The van der Waals surface area contributed by atoms with Crippen LogP contribution in [0.15, 0.2) is 48.5 Å². The Morgan fingerprint density at radius 3 is 1.81 bits per heavy atom. The van der Waals surface area contributed by atoms with E-state index in [4.69, 9.17) is 5.84 Å². The molecule has 21 heavy (non-hydrogen) atoms. The lowest BCUT2D eigenvalue weighted by atomic mass is 9.96. The fourth-order valence-electron chi connectivity index (χ4n) is 2.42. The van der Waals surface area contributed by atoms with Gasteiger partial charge in [-0.25, -0.2) is 4.39 Å². The lowest BCUT2D eigenvalue weighted by Gasteiger charge is -2.16. The first-order valence-electron chi connectivity index (χ1n) is 7.38. The molecule has 3 N–H and O–H groups in total. The number of hydrogen-bond donors (Lipinski definition) is 2. The van der Waals surface area contributed by atoms with Gasteiger partial charge in [-0.3, -0.25) is 11.3 Å². The van der Waals surface area contributed by atoms with Crippen molar-refractivity contribution in [2.24, 2.45) is 5.84 Å². The Morgan fingerprint density at radius 1 is 0.905 bits per heavy atom. The molecule has 0 saturated carbocycles. The van der Waals surface area contributed by atoms with Crippen molar-refractivity contribution in [3.05, 3.63) is 71.0 Å².